The summed E-state index contributed by atoms with van der Waals surface area (Å²) in [6.45, 7) is 9.11. The van der Waals surface area contributed by atoms with Crippen LogP contribution in [0.15, 0.2) is 53.3 Å². The monoisotopic (exact) mass is 513 g/mol. The molecule has 0 aliphatic carbocycles. The number of carbonyl (C=O) groups is 1. The van der Waals surface area contributed by atoms with Gasteiger partial charge in [-0.05, 0) is 103 Å². The van der Waals surface area contributed by atoms with E-state index in [1.54, 1.807) is 23.2 Å². The highest BCUT2D eigenvalue weighted by Gasteiger charge is 2.33. The van der Waals surface area contributed by atoms with Gasteiger partial charge >= 0.3 is 6.09 Å². The minimum absolute atomic E-state index is 0.253. The second-order valence-electron chi connectivity index (χ2n) is 9.69. The van der Waals surface area contributed by atoms with Crippen molar-refractivity contribution in [1.82, 2.24) is 14.9 Å². The van der Waals surface area contributed by atoms with Crippen LogP contribution in [-0.4, -0.2) is 39.7 Å². The Morgan fingerprint density at radius 2 is 1.91 bits per heavy atom. The maximum atomic E-state index is 13.6. The highest BCUT2D eigenvalue weighted by atomic mass is 79.9. The van der Waals surface area contributed by atoms with Crippen LogP contribution in [0.1, 0.15) is 45.7 Å². The first kappa shape index (κ1) is 23.5. The summed E-state index contributed by atoms with van der Waals surface area (Å²) in [6, 6.07) is 12.7. The largest absolute Gasteiger partial charge is 0.444 e. The zero-order chi connectivity index (χ0) is 23.8. The molecule has 4 rings (SSSR count). The SMILES string of the molecule is C[C@@H]1CN(C(=O)OC(C)(C)C)CC[C@@H]1c1cc(-c2ccnc(Br)c2)c(-c2ccc(F)cc2)[nH]1. The minimum Gasteiger partial charge on any atom is -0.444 e. The summed E-state index contributed by atoms with van der Waals surface area (Å²) < 4.78 is 19.9. The smallest absolute Gasteiger partial charge is 0.410 e. The lowest BCUT2D eigenvalue weighted by molar-refractivity contribution is 0.0154. The molecule has 2 atom stereocenters. The number of ether oxygens (including phenoxy) is 1. The maximum Gasteiger partial charge on any atom is 0.410 e. The quantitative estimate of drug-likeness (QED) is 0.383. The van der Waals surface area contributed by atoms with Crippen LogP contribution in [0.3, 0.4) is 0 Å². The van der Waals surface area contributed by atoms with E-state index < -0.39 is 5.60 Å². The van der Waals surface area contributed by atoms with Crippen LogP contribution >= 0.6 is 15.9 Å². The number of halogens is 2. The van der Waals surface area contributed by atoms with Crippen molar-refractivity contribution in [2.75, 3.05) is 13.1 Å². The standard InChI is InChI=1S/C26H29BrFN3O2/c1-16-15-31(25(32)33-26(2,3)4)12-10-20(16)22-14-21(18-9-11-29-23(27)13-18)24(30-22)17-5-7-19(28)8-6-17/h5-9,11,13-14,16,20,30H,10,12,15H2,1-4H3/t16-,20+/m1/s1. The fraction of sp³-hybridized carbons (Fsp3) is 0.385. The van der Waals surface area contributed by atoms with E-state index in [0.29, 0.717) is 13.1 Å². The number of amides is 1. The van der Waals surface area contributed by atoms with Gasteiger partial charge in [0.15, 0.2) is 0 Å². The molecule has 1 amide bonds. The van der Waals surface area contributed by atoms with Gasteiger partial charge < -0.3 is 14.6 Å². The summed E-state index contributed by atoms with van der Waals surface area (Å²) in [4.78, 5) is 22.2. The van der Waals surface area contributed by atoms with Crippen LogP contribution in [-0.2, 0) is 4.74 Å². The Balaban J connectivity index is 1.64. The molecule has 1 aliphatic heterocycles. The fourth-order valence-corrected chi connectivity index (χ4v) is 4.78. The third kappa shape index (κ3) is 5.46. The van der Waals surface area contributed by atoms with Gasteiger partial charge in [-0.2, -0.15) is 0 Å². The summed E-state index contributed by atoms with van der Waals surface area (Å²) in [5, 5.41) is 0. The van der Waals surface area contributed by atoms with Gasteiger partial charge in [-0.25, -0.2) is 14.2 Å². The molecule has 1 aliphatic rings. The first-order valence-electron chi connectivity index (χ1n) is 11.2. The number of nitrogens with zero attached hydrogens (tertiary/aromatic N) is 2. The highest BCUT2D eigenvalue weighted by molar-refractivity contribution is 9.10. The number of carbonyl (C=O) groups excluding carboxylic acids is 1. The van der Waals surface area contributed by atoms with Gasteiger partial charge in [-0.1, -0.05) is 6.92 Å². The van der Waals surface area contributed by atoms with Crippen LogP contribution in [0.2, 0.25) is 0 Å². The van der Waals surface area contributed by atoms with Gasteiger partial charge in [0, 0.05) is 36.5 Å². The summed E-state index contributed by atoms with van der Waals surface area (Å²) >= 11 is 3.46. The molecule has 0 saturated carbocycles. The molecule has 0 unspecified atom stereocenters. The van der Waals surface area contributed by atoms with E-state index in [-0.39, 0.29) is 23.7 Å². The number of nitrogens with one attached hydrogen (secondary N) is 1. The van der Waals surface area contributed by atoms with Gasteiger partial charge in [0.1, 0.15) is 16.0 Å². The molecule has 1 saturated heterocycles. The Kier molecular flexibility index (Phi) is 6.61. The Bertz CT molecular complexity index is 1140. The van der Waals surface area contributed by atoms with E-state index in [2.05, 4.69) is 38.9 Å². The molecular formula is C26H29BrFN3O2. The topological polar surface area (TPSA) is 58.2 Å². The molecule has 3 heterocycles. The van der Waals surface area contributed by atoms with E-state index in [1.807, 2.05) is 32.9 Å². The molecule has 1 N–H and O–H groups in total. The van der Waals surface area contributed by atoms with Crippen molar-refractivity contribution in [1.29, 1.82) is 0 Å². The number of aromatic nitrogens is 2. The summed E-state index contributed by atoms with van der Waals surface area (Å²) in [7, 11) is 0. The fourth-order valence-electron chi connectivity index (χ4n) is 4.42. The number of benzene rings is 1. The van der Waals surface area contributed by atoms with Crippen molar-refractivity contribution in [3.8, 4) is 22.4 Å². The lowest BCUT2D eigenvalue weighted by atomic mass is 9.84. The Labute approximate surface area is 202 Å². The third-order valence-electron chi connectivity index (χ3n) is 5.97. The third-order valence-corrected chi connectivity index (χ3v) is 6.40. The van der Waals surface area contributed by atoms with Crippen molar-refractivity contribution < 1.29 is 13.9 Å². The van der Waals surface area contributed by atoms with Crippen molar-refractivity contribution in [2.45, 2.75) is 45.6 Å². The number of pyridine rings is 1. The van der Waals surface area contributed by atoms with Crippen molar-refractivity contribution in [3.05, 3.63) is 64.8 Å². The predicted octanol–water partition coefficient (Wildman–Crippen LogP) is 7.01. The van der Waals surface area contributed by atoms with E-state index in [1.165, 1.54) is 12.1 Å². The molecule has 2 aromatic heterocycles. The van der Waals surface area contributed by atoms with E-state index in [0.717, 1.165) is 39.1 Å². The highest BCUT2D eigenvalue weighted by Crippen LogP contribution is 2.39. The minimum atomic E-state index is -0.506. The average Bonchev–Trinajstić information content (AvgIpc) is 3.18. The molecule has 7 heteroatoms. The molecule has 5 nitrogen and oxygen atoms in total. The summed E-state index contributed by atoms with van der Waals surface area (Å²) in [5.74, 6) is 0.256. The number of hydrogen-bond acceptors (Lipinski definition) is 3. The number of likely N-dealkylation sites (tertiary alicyclic amines) is 1. The zero-order valence-corrected chi connectivity index (χ0v) is 20.9. The Morgan fingerprint density at radius 3 is 2.55 bits per heavy atom. The van der Waals surface area contributed by atoms with E-state index >= 15 is 0 Å². The van der Waals surface area contributed by atoms with Crippen molar-refractivity contribution in [3.63, 3.8) is 0 Å². The van der Waals surface area contributed by atoms with Crippen LogP contribution in [0, 0.1) is 11.7 Å². The molecule has 1 aromatic carbocycles. The molecule has 0 spiro atoms. The van der Waals surface area contributed by atoms with Crippen molar-refractivity contribution in [2.24, 2.45) is 5.92 Å². The average molecular weight is 514 g/mol. The maximum absolute atomic E-state index is 13.6. The summed E-state index contributed by atoms with van der Waals surface area (Å²) in [5.41, 5.74) is 4.55. The summed E-state index contributed by atoms with van der Waals surface area (Å²) in [6.07, 6.45) is 2.35. The molecule has 0 radical (unpaired) electrons. The van der Waals surface area contributed by atoms with E-state index in [9.17, 15) is 9.18 Å². The lowest BCUT2D eigenvalue weighted by Gasteiger charge is -2.37. The normalized spacial score (nSPS) is 18.9. The van der Waals surface area contributed by atoms with E-state index in [4.69, 9.17) is 4.74 Å². The van der Waals surface area contributed by atoms with Gasteiger partial charge in [-0.3, -0.25) is 0 Å². The number of hydrogen-bond donors (Lipinski definition) is 1. The van der Waals surface area contributed by atoms with Crippen LogP contribution < -0.4 is 0 Å². The number of aromatic amines is 1. The van der Waals surface area contributed by atoms with Crippen LogP contribution in [0.4, 0.5) is 9.18 Å². The first-order chi connectivity index (χ1) is 15.6. The van der Waals surface area contributed by atoms with Crippen LogP contribution in [0.5, 0.6) is 0 Å². The molecule has 174 valence electrons. The molecule has 0 bridgehead atoms. The zero-order valence-electron chi connectivity index (χ0n) is 19.4. The van der Waals surface area contributed by atoms with Crippen LogP contribution in [0.25, 0.3) is 22.4 Å². The Hall–Kier alpha value is -2.67. The van der Waals surface area contributed by atoms with Gasteiger partial charge in [0.2, 0.25) is 0 Å². The molecule has 1 fully saturated rings. The molecule has 33 heavy (non-hydrogen) atoms. The van der Waals surface area contributed by atoms with Crippen molar-refractivity contribution >= 4 is 22.0 Å². The number of H-pyrrole nitrogens is 1. The van der Waals surface area contributed by atoms with Gasteiger partial charge in [-0.15, -0.1) is 0 Å². The second-order valence-corrected chi connectivity index (χ2v) is 10.5. The lowest BCUT2D eigenvalue weighted by Crippen LogP contribution is -2.44. The molecular weight excluding hydrogens is 485 g/mol. The molecule has 3 aromatic rings. The predicted molar refractivity (Wildman–Crippen MR) is 131 cm³/mol. The van der Waals surface area contributed by atoms with Gasteiger partial charge in [0.25, 0.3) is 0 Å². The van der Waals surface area contributed by atoms with Gasteiger partial charge in [0.05, 0.1) is 5.69 Å². The second kappa shape index (κ2) is 9.29. The first-order valence-corrected chi connectivity index (χ1v) is 12.0. The number of rotatable bonds is 3. The Morgan fingerprint density at radius 1 is 1.18 bits per heavy atom. The number of piperidine rings is 1.